The molecule has 1 amide bonds. The molecule has 0 aliphatic carbocycles. The molecule has 0 spiro atoms. The first-order chi connectivity index (χ1) is 12.1. The number of nitrogens with zero attached hydrogens (tertiary/aromatic N) is 4. The van der Waals surface area contributed by atoms with Gasteiger partial charge in [0.05, 0.1) is 17.8 Å². The van der Waals surface area contributed by atoms with Gasteiger partial charge >= 0.3 is 5.97 Å². The van der Waals surface area contributed by atoms with Crippen molar-refractivity contribution in [1.82, 2.24) is 14.7 Å². The molecule has 0 atom stereocenters. The second-order valence-corrected chi connectivity index (χ2v) is 5.73. The van der Waals surface area contributed by atoms with Crippen molar-refractivity contribution in [2.75, 3.05) is 18.4 Å². The number of anilines is 1. The van der Waals surface area contributed by atoms with Gasteiger partial charge in [-0.3, -0.25) is 14.3 Å². The number of carboxylic acid groups (broad SMARTS) is 1. The van der Waals surface area contributed by atoms with Gasteiger partial charge in [-0.25, -0.2) is 0 Å². The highest BCUT2D eigenvalue weighted by Gasteiger charge is 2.23. The maximum atomic E-state index is 12.9. The van der Waals surface area contributed by atoms with Crippen LogP contribution in [0.1, 0.15) is 28.2 Å². The van der Waals surface area contributed by atoms with Crippen molar-refractivity contribution in [2.24, 2.45) is 0 Å². The van der Waals surface area contributed by atoms with Gasteiger partial charge in [0.2, 0.25) is 0 Å². The molecule has 0 saturated carbocycles. The van der Waals surface area contributed by atoms with Crippen LogP contribution >= 0.6 is 0 Å². The Bertz CT molecular complexity index is 852. The lowest BCUT2D eigenvalue weighted by molar-refractivity contribution is -0.134. The number of aryl methyl sites for hydroxylation is 1. The van der Waals surface area contributed by atoms with Crippen LogP contribution in [0.2, 0.25) is 0 Å². The van der Waals surface area contributed by atoms with E-state index >= 15 is 0 Å². The lowest BCUT2D eigenvalue weighted by Crippen LogP contribution is -2.31. The monoisotopic (exact) mass is 339 g/mol. The van der Waals surface area contributed by atoms with Gasteiger partial charge < -0.3 is 15.3 Å². The van der Waals surface area contributed by atoms with Gasteiger partial charge in [0.15, 0.2) is 5.69 Å². The number of nitrogens with one attached hydrogen (secondary N) is 1. The van der Waals surface area contributed by atoms with Crippen molar-refractivity contribution >= 4 is 17.6 Å². The van der Waals surface area contributed by atoms with E-state index in [4.69, 9.17) is 10.4 Å². The Labute approximate surface area is 144 Å². The average Bonchev–Trinajstić information content (AvgIpc) is 2.90. The molecular weight excluding hydrogens is 322 g/mol. The van der Waals surface area contributed by atoms with Crippen LogP contribution in [0.4, 0.5) is 5.69 Å². The predicted molar refractivity (Wildman–Crippen MR) is 88.9 cm³/mol. The van der Waals surface area contributed by atoms with Crippen LogP contribution in [0.5, 0.6) is 0 Å². The highest BCUT2D eigenvalue weighted by molar-refractivity contribution is 6.00. The van der Waals surface area contributed by atoms with Crippen LogP contribution in [0.15, 0.2) is 30.3 Å². The third-order valence-electron chi connectivity index (χ3n) is 4.00. The van der Waals surface area contributed by atoms with Crippen LogP contribution in [-0.4, -0.2) is 44.8 Å². The van der Waals surface area contributed by atoms with Crippen molar-refractivity contribution in [3.8, 4) is 6.07 Å². The minimum Gasteiger partial charge on any atom is -0.480 e. The van der Waals surface area contributed by atoms with E-state index in [1.54, 1.807) is 39.9 Å². The predicted octanol–water partition coefficient (Wildman–Crippen LogP) is 1.30. The molecular formula is C17H17N5O3. The van der Waals surface area contributed by atoms with E-state index in [0.29, 0.717) is 36.6 Å². The van der Waals surface area contributed by atoms with E-state index < -0.39 is 5.97 Å². The third-order valence-corrected chi connectivity index (χ3v) is 4.00. The first kappa shape index (κ1) is 16.5. The lowest BCUT2D eigenvalue weighted by atomic mass is 10.1. The standard InChI is InChI=1S/C17H17N5O3/c18-9-12-8-13-11-21(6-3-7-22(13)20-12)17(25)14-4-1-2-5-15(14)19-10-16(23)24/h1-2,4-5,8,19H,3,6-7,10-11H2,(H,23,24). The molecule has 25 heavy (non-hydrogen) atoms. The van der Waals surface area contributed by atoms with Crippen LogP contribution in [0, 0.1) is 11.3 Å². The molecule has 2 heterocycles. The SMILES string of the molecule is N#Cc1cc2n(n1)CCCN(C(=O)c1ccccc1NCC(=O)O)C2. The molecule has 8 nitrogen and oxygen atoms in total. The number of hydrogen-bond donors (Lipinski definition) is 2. The third kappa shape index (κ3) is 3.61. The van der Waals surface area contributed by atoms with Gasteiger partial charge in [0.25, 0.3) is 5.91 Å². The molecule has 1 aromatic heterocycles. The van der Waals surface area contributed by atoms with Gasteiger partial charge in [-0.1, -0.05) is 12.1 Å². The normalized spacial score (nSPS) is 13.5. The van der Waals surface area contributed by atoms with Crippen LogP contribution in [0.25, 0.3) is 0 Å². The zero-order valence-corrected chi connectivity index (χ0v) is 13.5. The first-order valence-electron chi connectivity index (χ1n) is 7.89. The fourth-order valence-electron chi connectivity index (χ4n) is 2.86. The molecule has 1 aliphatic rings. The number of aliphatic carboxylic acids is 1. The number of benzene rings is 1. The Morgan fingerprint density at radius 2 is 2.12 bits per heavy atom. The van der Waals surface area contributed by atoms with Crippen LogP contribution in [0.3, 0.4) is 0 Å². The number of nitriles is 1. The summed E-state index contributed by atoms with van der Waals surface area (Å²) in [6, 6.07) is 10.6. The summed E-state index contributed by atoms with van der Waals surface area (Å²) < 4.78 is 1.76. The van der Waals surface area contributed by atoms with Gasteiger partial charge in [-0.2, -0.15) is 10.4 Å². The lowest BCUT2D eigenvalue weighted by Gasteiger charge is -2.21. The molecule has 128 valence electrons. The van der Waals surface area contributed by atoms with Crippen molar-refractivity contribution in [3.05, 3.63) is 47.3 Å². The van der Waals surface area contributed by atoms with E-state index in [1.807, 2.05) is 6.07 Å². The topological polar surface area (TPSA) is 111 Å². The Kier molecular flexibility index (Phi) is 4.66. The Hall–Kier alpha value is -3.34. The summed E-state index contributed by atoms with van der Waals surface area (Å²) in [6.45, 7) is 1.32. The van der Waals surface area contributed by atoms with Gasteiger partial charge in [0, 0.05) is 18.8 Å². The van der Waals surface area contributed by atoms with E-state index in [9.17, 15) is 9.59 Å². The number of fused-ring (bicyclic) bond motifs is 1. The summed E-state index contributed by atoms with van der Waals surface area (Å²) in [7, 11) is 0. The Morgan fingerprint density at radius 1 is 1.32 bits per heavy atom. The fourth-order valence-corrected chi connectivity index (χ4v) is 2.86. The molecule has 3 rings (SSSR count). The number of carbonyl (C=O) groups excluding carboxylic acids is 1. The second-order valence-electron chi connectivity index (χ2n) is 5.73. The van der Waals surface area contributed by atoms with Gasteiger partial charge in [-0.15, -0.1) is 0 Å². The van der Waals surface area contributed by atoms with Gasteiger partial charge in [0.1, 0.15) is 12.6 Å². The summed E-state index contributed by atoms with van der Waals surface area (Å²) in [5.41, 5.74) is 2.08. The van der Waals surface area contributed by atoms with E-state index in [-0.39, 0.29) is 12.5 Å². The summed E-state index contributed by atoms with van der Waals surface area (Å²) in [4.78, 5) is 25.4. The fraction of sp³-hybridized carbons (Fsp3) is 0.294. The molecule has 2 N–H and O–H groups in total. The van der Waals surface area contributed by atoms with Crippen LogP contribution < -0.4 is 5.32 Å². The number of amides is 1. The minimum absolute atomic E-state index is 0.179. The number of hydrogen-bond acceptors (Lipinski definition) is 5. The maximum Gasteiger partial charge on any atom is 0.322 e. The van der Waals surface area contributed by atoms with Crippen molar-refractivity contribution < 1.29 is 14.7 Å². The maximum absolute atomic E-state index is 12.9. The molecule has 0 radical (unpaired) electrons. The molecule has 0 bridgehead atoms. The molecule has 0 saturated heterocycles. The summed E-state index contributed by atoms with van der Waals surface area (Å²) in [5, 5.41) is 24.8. The van der Waals surface area contributed by atoms with Crippen molar-refractivity contribution in [3.63, 3.8) is 0 Å². The second kappa shape index (κ2) is 7.05. The molecule has 1 aliphatic heterocycles. The van der Waals surface area contributed by atoms with E-state index in [0.717, 1.165) is 12.1 Å². The van der Waals surface area contributed by atoms with Crippen LogP contribution in [-0.2, 0) is 17.9 Å². The zero-order valence-electron chi connectivity index (χ0n) is 13.5. The molecule has 0 unspecified atom stereocenters. The average molecular weight is 339 g/mol. The molecule has 2 aromatic rings. The summed E-state index contributed by atoms with van der Waals surface area (Å²) >= 11 is 0. The number of para-hydroxylation sites is 1. The molecule has 1 aromatic carbocycles. The summed E-state index contributed by atoms with van der Waals surface area (Å²) in [6.07, 6.45) is 0.732. The quantitative estimate of drug-likeness (QED) is 0.868. The summed E-state index contributed by atoms with van der Waals surface area (Å²) in [5.74, 6) is -1.17. The number of carbonyl (C=O) groups is 2. The van der Waals surface area contributed by atoms with E-state index in [2.05, 4.69) is 10.4 Å². The Balaban J connectivity index is 1.83. The first-order valence-corrected chi connectivity index (χ1v) is 7.89. The number of aromatic nitrogens is 2. The van der Waals surface area contributed by atoms with Crippen molar-refractivity contribution in [2.45, 2.75) is 19.5 Å². The molecule has 8 heteroatoms. The van der Waals surface area contributed by atoms with Crippen molar-refractivity contribution in [1.29, 1.82) is 5.26 Å². The number of carboxylic acids is 1. The minimum atomic E-state index is -0.995. The molecule has 0 fully saturated rings. The zero-order chi connectivity index (χ0) is 17.8. The highest BCUT2D eigenvalue weighted by atomic mass is 16.4. The van der Waals surface area contributed by atoms with E-state index in [1.165, 1.54) is 0 Å². The Morgan fingerprint density at radius 3 is 2.88 bits per heavy atom. The largest absolute Gasteiger partial charge is 0.480 e. The smallest absolute Gasteiger partial charge is 0.322 e. The highest BCUT2D eigenvalue weighted by Crippen LogP contribution is 2.21. The number of rotatable bonds is 4. The van der Waals surface area contributed by atoms with Gasteiger partial charge in [-0.05, 0) is 24.6 Å².